The largest absolute Gasteiger partial charge is 0.330 e. The van der Waals surface area contributed by atoms with Gasteiger partial charge in [0, 0.05) is 17.1 Å². The maximum absolute atomic E-state index is 12.5. The van der Waals surface area contributed by atoms with Crippen LogP contribution in [0.15, 0.2) is 33.6 Å². The van der Waals surface area contributed by atoms with E-state index in [1.165, 1.54) is 0 Å². The van der Waals surface area contributed by atoms with Crippen LogP contribution in [0.4, 0.5) is 0 Å². The first-order valence-corrected chi connectivity index (χ1v) is 8.16. The van der Waals surface area contributed by atoms with Gasteiger partial charge in [-0.3, -0.25) is 0 Å². The average Bonchev–Trinajstić information content (AvgIpc) is 2.72. The van der Waals surface area contributed by atoms with Gasteiger partial charge < -0.3 is 5.73 Å². The van der Waals surface area contributed by atoms with Crippen molar-refractivity contribution in [3.8, 4) is 0 Å². The van der Waals surface area contributed by atoms with Crippen LogP contribution >= 0.6 is 15.9 Å². The zero-order chi connectivity index (χ0) is 13.3. The van der Waals surface area contributed by atoms with Crippen molar-refractivity contribution in [2.75, 3.05) is 13.1 Å². The molecule has 100 valence electrons. The smallest absolute Gasteiger partial charge is 0.243 e. The lowest BCUT2D eigenvalue weighted by molar-refractivity contribution is 0.404. The minimum atomic E-state index is -3.39. The van der Waals surface area contributed by atoms with Crippen molar-refractivity contribution in [1.82, 2.24) is 4.31 Å². The first kappa shape index (κ1) is 14.0. The highest BCUT2D eigenvalue weighted by molar-refractivity contribution is 9.10. The Morgan fingerprint density at radius 2 is 2.00 bits per heavy atom. The van der Waals surface area contributed by atoms with Gasteiger partial charge in [0.1, 0.15) is 0 Å². The molecule has 0 aromatic heterocycles. The molecule has 0 spiro atoms. The molecule has 1 aromatic carbocycles. The molecular formula is C12H17BrN2O2S. The molecule has 2 unspecified atom stereocenters. The Morgan fingerprint density at radius 1 is 1.39 bits per heavy atom. The Labute approximate surface area is 116 Å². The minimum Gasteiger partial charge on any atom is -0.330 e. The van der Waals surface area contributed by atoms with Gasteiger partial charge in [0.15, 0.2) is 0 Å². The lowest BCUT2D eigenvalue weighted by Gasteiger charge is -2.21. The van der Waals surface area contributed by atoms with Gasteiger partial charge in [0.05, 0.1) is 4.90 Å². The summed E-state index contributed by atoms with van der Waals surface area (Å²) in [6.07, 6.45) is 0.840. The summed E-state index contributed by atoms with van der Waals surface area (Å²) in [5, 5.41) is 0. The van der Waals surface area contributed by atoms with Crippen LogP contribution in [0.3, 0.4) is 0 Å². The summed E-state index contributed by atoms with van der Waals surface area (Å²) in [6.45, 7) is 3.00. The molecule has 1 aliphatic heterocycles. The third kappa shape index (κ3) is 2.61. The van der Waals surface area contributed by atoms with E-state index in [9.17, 15) is 8.42 Å². The van der Waals surface area contributed by atoms with Crippen LogP contribution in [0.1, 0.15) is 13.3 Å². The number of sulfonamides is 1. The normalized spacial score (nSPS) is 25.5. The molecule has 1 aliphatic rings. The van der Waals surface area contributed by atoms with Gasteiger partial charge in [-0.2, -0.15) is 4.31 Å². The number of hydrogen-bond acceptors (Lipinski definition) is 3. The Kier molecular flexibility index (Phi) is 4.11. The summed E-state index contributed by atoms with van der Waals surface area (Å²) in [5.74, 6) is 0.269. The topological polar surface area (TPSA) is 63.4 Å². The molecule has 0 radical (unpaired) electrons. The summed E-state index contributed by atoms with van der Waals surface area (Å²) in [6, 6.07) is 6.76. The van der Waals surface area contributed by atoms with E-state index >= 15 is 0 Å². The predicted octanol–water partition coefficient (Wildman–Crippen LogP) is 1.81. The van der Waals surface area contributed by atoms with E-state index in [4.69, 9.17) is 5.73 Å². The fraction of sp³-hybridized carbons (Fsp3) is 0.500. The van der Waals surface area contributed by atoms with Crippen LogP contribution in [-0.4, -0.2) is 31.9 Å². The number of nitrogens with zero attached hydrogens (tertiary/aromatic N) is 1. The maximum atomic E-state index is 12.5. The summed E-state index contributed by atoms with van der Waals surface area (Å²) < 4.78 is 27.4. The van der Waals surface area contributed by atoms with Crippen LogP contribution in [-0.2, 0) is 10.0 Å². The van der Waals surface area contributed by atoms with Gasteiger partial charge in [-0.1, -0.05) is 15.9 Å². The summed E-state index contributed by atoms with van der Waals surface area (Å²) in [4.78, 5) is 0.343. The molecule has 6 heteroatoms. The van der Waals surface area contributed by atoms with Gasteiger partial charge in [0.2, 0.25) is 10.0 Å². The molecular weight excluding hydrogens is 316 g/mol. The van der Waals surface area contributed by atoms with Crippen molar-refractivity contribution >= 4 is 26.0 Å². The Bertz CT molecular complexity index is 515. The SMILES string of the molecule is CC1CC(CN)CN1S(=O)(=O)c1ccc(Br)cc1. The van der Waals surface area contributed by atoms with E-state index in [0.29, 0.717) is 18.0 Å². The fourth-order valence-corrected chi connectivity index (χ4v) is 4.34. The average molecular weight is 333 g/mol. The van der Waals surface area contributed by atoms with Crippen molar-refractivity contribution in [2.24, 2.45) is 11.7 Å². The van der Waals surface area contributed by atoms with E-state index in [1.54, 1.807) is 28.6 Å². The fourth-order valence-electron chi connectivity index (χ4n) is 2.36. The van der Waals surface area contributed by atoms with Gasteiger partial charge in [-0.15, -0.1) is 0 Å². The van der Waals surface area contributed by atoms with E-state index < -0.39 is 10.0 Å². The lowest BCUT2D eigenvalue weighted by Crippen LogP contribution is -2.34. The van der Waals surface area contributed by atoms with E-state index in [2.05, 4.69) is 15.9 Å². The highest BCUT2D eigenvalue weighted by atomic mass is 79.9. The van der Waals surface area contributed by atoms with Crippen molar-refractivity contribution < 1.29 is 8.42 Å². The lowest BCUT2D eigenvalue weighted by atomic mass is 10.1. The highest BCUT2D eigenvalue weighted by Gasteiger charge is 2.37. The second-order valence-corrected chi connectivity index (χ2v) is 7.52. The number of rotatable bonds is 3. The molecule has 0 aliphatic carbocycles. The Balaban J connectivity index is 2.29. The standard InChI is InChI=1S/C12H17BrN2O2S/c1-9-6-10(7-14)8-15(9)18(16,17)12-4-2-11(13)3-5-12/h2-5,9-10H,6-8,14H2,1H3. The van der Waals surface area contributed by atoms with Crippen LogP contribution < -0.4 is 5.73 Å². The molecule has 4 nitrogen and oxygen atoms in total. The number of nitrogens with two attached hydrogens (primary N) is 1. The molecule has 0 amide bonds. The molecule has 2 N–H and O–H groups in total. The number of hydrogen-bond donors (Lipinski definition) is 1. The minimum absolute atomic E-state index is 0.0206. The second-order valence-electron chi connectivity index (χ2n) is 4.72. The zero-order valence-corrected chi connectivity index (χ0v) is 12.6. The number of benzene rings is 1. The molecule has 2 atom stereocenters. The predicted molar refractivity (Wildman–Crippen MR) is 74.7 cm³/mol. The van der Waals surface area contributed by atoms with Crippen LogP contribution in [0.2, 0.25) is 0 Å². The molecule has 1 heterocycles. The molecule has 2 rings (SSSR count). The molecule has 1 saturated heterocycles. The third-order valence-electron chi connectivity index (χ3n) is 3.36. The van der Waals surface area contributed by atoms with Gasteiger partial charge in [0.25, 0.3) is 0 Å². The summed E-state index contributed by atoms with van der Waals surface area (Å²) in [5.41, 5.74) is 5.63. The Morgan fingerprint density at radius 3 is 2.50 bits per heavy atom. The third-order valence-corrected chi connectivity index (χ3v) is 5.88. The van der Waals surface area contributed by atoms with E-state index in [1.807, 2.05) is 6.92 Å². The van der Waals surface area contributed by atoms with E-state index in [-0.39, 0.29) is 12.0 Å². The van der Waals surface area contributed by atoms with Gasteiger partial charge in [-0.25, -0.2) is 8.42 Å². The molecule has 18 heavy (non-hydrogen) atoms. The zero-order valence-electron chi connectivity index (χ0n) is 10.2. The van der Waals surface area contributed by atoms with Crippen LogP contribution in [0.5, 0.6) is 0 Å². The monoisotopic (exact) mass is 332 g/mol. The first-order chi connectivity index (χ1) is 8.45. The maximum Gasteiger partial charge on any atom is 0.243 e. The quantitative estimate of drug-likeness (QED) is 0.918. The van der Waals surface area contributed by atoms with Crippen molar-refractivity contribution in [3.63, 3.8) is 0 Å². The Hall–Kier alpha value is -0.430. The summed E-state index contributed by atoms with van der Waals surface area (Å²) in [7, 11) is -3.39. The van der Waals surface area contributed by atoms with Crippen molar-refractivity contribution in [2.45, 2.75) is 24.3 Å². The second kappa shape index (κ2) is 5.28. The first-order valence-electron chi connectivity index (χ1n) is 5.92. The molecule has 0 bridgehead atoms. The molecule has 1 fully saturated rings. The highest BCUT2D eigenvalue weighted by Crippen LogP contribution is 2.29. The van der Waals surface area contributed by atoms with E-state index in [0.717, 1.165) is 10.9 Å². The van der Waals surface area contributed by atoms with Crippen LogP contribution in [0.25, 0.3) is 0 Å². The summed E-state index contributed by atoms with van der Waals surface area (Å²) >= 11 is 3.30. The van der Waals surface area contributed by atoms with Gasteiger partial charge >= 0.3 is 0 Å². The van der Waals surface area contributed by atoms with Gasteiger partial charge in [-0.05, 0) is 50.1 Å². The number of halogens is 1. The van der Waals surface area contributed by atoms with Crippen LogP contribution in [0, 0.1) is 5.92 Å². The molecule has 0 saturated carbocycles. The molecule has 1 aromatic rings. The van der Waals surface area contributed by atoms with Crippen molar-refractivity contribution in [3.05, 3.63) is 28.7 Å². The van der Waals surface area contributed by atoms with Crippen molar-refractivity contribution in [1.29, 1.82) is 0 Å².